The lowest BCUT2D eigenvalue weighted by atomic mass is 10.1. The van der Waals surface area contributed by atoms with E-state index in [4.69, 9.17) is 9.84 Å². The van der Waals surface area contributed by atoms with E-state index in [0.717, 1.165) is 0 Å². The highest BCUT2D eigenvalue weighted by Gasteiger charge is 2.39. The van der Waals surface area contributed by atoms with Crippen molar-refractivity contribution in [2.24, 2.45) is 0 Å². The number of hydrogen-bond acceptors (Lipinski definition) is 6. The second-order valence-corrected chi connectivity index (χ2v) is 6.86. The summed E-state index contributed by atoms with van der Waals surface area (Å²) >= 11 is 1.19. The van der Waals surface area contributed by atoms with Crippen molar-refractivity contribution < 1.29 is 19.4 Å². The smallest absolute Gasteiger partial charge is 0.268 e. The first kappa shape index (κ1) is 19.1. The SMILES string of the molecule is CCOc1ccc(C2=C(SCCO)C(=O)N(Cc3ccccn3)C2=O)cc1. The normalized spacial score (nSPS) is 14.2. The van der Waals surface area contributed by atoms with Crippen LogP contribution >= 0.6 is 11.8 Å². The van der Waals surface area contributed by atoms with E-state index in [2.05, 4.69) is 4.98 Å². The molecule has 6 nitrogen and oxygen atoms in total. The molecule has 0 atom stereocenters. The van der Waals surface area contributed by atoms with Gasteiger partial charge in [0.2, 0.25) is 0 Å². The minimum absolute atomic E-state index is 0.0769. The number of hydrogen-bond donors (Lipinski definition) is 1. The van der Waals surface area contributed by atoms with Crippen molar-refractivity contribution in [2.45, 2.75) is 13.5 Å². The molecular formula is C20H20N2O4S. The number of thioether (sulfide) groups is 1. The fourth-order valence-electron chi connectivity index (χ4n) is 2.77. The van der Waals surface area contributed by atoms with Crippen LogP contribution in [0.1, 0.15) is 18.2 Å². The summed E-state index contributed by atoms with van der Waals surface area (Å²) < 4.78 is 5.44. The summed E-state index contributed by atoms with van der Waals surface area (Å²) in [5.41, 5.74) is 1.65. The van der Waals surface area contributed by atoms with E-state index in [1.165, 1.54) is 16.7 Å². The number of carbonyl (C=O) groups is 2. The van der Waals surface area contributed by atoms with Crippen LogP contribution in [0.25, 0.3) is 5.57 Å². The van der Waals surface area contributed by atoms with Crippen LogP contribution in [-0.4, -0.2) is 45.8 Å². The van der Waals surface area contributed by atoms with E-state index in [0.29, 0.717) is 39.8 Å². The predicted octanol–water partition coefficient (Wildman–Crippen LogP) is 2.49. The largest absolute Gasteiger partial charge is 0.494 e. The Labute approximate surface area is 161 Å². The third-order valence-corrected chi connectivity index (χ3v) is 5.02. The van der Waals surface area contributed by atoms with Gasteiger partial charge in [-0.1, -0.05) is 18.2 Å². The molecule has 1 aromatic carbocycles. The average molecular weight is 384 g/mol. The number of imide groups is 1. The number of aliphatic hydroxyl groups excluding tert-OH is 1. The molecule has 1 aliphatic heterocycles. The summed E-state index contributed by atoms with van der Waals surface area (Å²) in [5.74, 6) is 0.337. The second kappa shape index (κ2) is 8.83. The maximum atomic E-state index is 13.0. The van der Waals surface area contributed by atoms with Gasteiger partial charge in [0.15, 0.2) is 0 Å². The van der Waals surface area contributed by atoms with Gasteiger partial charge in [0.05, 0.1) is 35.9 Å². The lowest BCUT2D eigenvalue weighted by Gasteiger charge is -2.14. The van der Waals surface area contributed by atoms with Crippen LogP contribution in [0.3, 0.4) is 0 Å². The van der Waals surface area contributed by atoms with Gasteiger partial charge in [-0.2, -0.15) is 0 Å². The highest BCUT2D eigenvalue weighted by Crippen LogP contribution is 2.37. The highest BCUT2D eigenvalue weighted by atomic mass is 32.2. The molecule has 0 fully saturated rings. The molecule has 0 bridgehead atoms. The van der Waals surface area contributed by atoms with E-state index in [1.54, 1.807) is 42.6 Å². The zero-order valence-electron chi connectivity index (χ0n) is 14.9. The van der Waals surface area contributed by atoms with Crippen LogP contribution in [0.4, 0.5) is 0 Å². The minimum atomic E-state index is -0.354. The molecule has 2 aromatic rings. The van der Waals surface area contributed by atoms with Gasteiger partial charge in [0.1, 0.15) is 5.75 Å². The van der Waals surface area contributed by atoms with Crippen LogP contribution in [0.2, 0.25) is 0 Å². The molecule has 0 saturated carbocycles. The number of aliphatic hydroxyl groups is 1. The van der Waals surface area contributed by atoms with Gasteiger partial charge in [-0.25, -0.2) is 0 Å². The lowest BCUT2D eigenvalue weighted by molar-refractivity contribution is -0.137. The van der Waals surface area contributed by atoms with Crippen molar-refractivity contribution in [3.8, 4) is 5.75 Å². The second-order valence-electron chi connectivity index (χ2n) is 5.75. The van der Waals surface area contributed by atoms with Gasteiger partial charge in [-0.3, -0.25) is 19.5 Å². The lowest BCUT2D eigenvalue weighted by Crippen LogP contribution is -2.31. The summed E-state index contributed by atoms with van der Waals surface area (Å²) in [4.78, 5) is 31.6. The van der Waals surface area contributed by atoms with E-state index in [9.17, 15) is 9.59 Å². The Bertz CT molecular complexity index is 850. The Kier molecular flexibility index (Phi) is 6.26. The molecule has 0 aliphatic carbocycles. The first-order chi connectivity index (χ1) is 13.2. The number of rotatable bonds is 8. The summed E-state index contributed by atoms with van der Waals surface area (Å²) in [6, 6.07) is 12.5. The van der Waals surface area contributed by atoms with Crippen molar-refractivity contribution in [3.63, 3.8) is 0 Å². The minimum Gasteiger partial charge on any atom is -0.494 e. The molecule has 1 aromatic heterocycles. The number of aromatic nitrogens is 1. The van der Waals surface area contributed by atoms with Crippen LogP contribution in [0, 0.1) is 0 Å². The maximum Gasteiger partial charge on any atom is 0.268 e. The first-order valence-electron chi connectivity index (χ1n) is 8.63. The summed E-state index contributed by atoms with van der Waals surface area (Å²) in [5, 5.41) is 9.15. The highest BCUT2D eigenvalue weighted by molar-refractivity contribution is 8.04. The number of benzene rings is 1. The van der Waals surface area contributed by atoms with Crippen molar-refractivity contribution in [1.82, 2.24) is 9.88 Å². The van der Waals surface area contributed by atoms with Gasteiger partial charge in [0, 0.05) is 11.9 Å². The Morgan fingerprint density at radius 2 is 1.89 bits per heavy atom. The van der Waals surface area contributed by atoms with Crippen LogP contribution in [0.5, 0.6) is 5.75 Å². The number of nitrogens with zero attached hydrogens (tertiary/aromatic N) is 2. The number of ether oxygens (including phenoxy) is 1. The Morgan fingerprint density at radius 3 is 2.52 bits per heavy atom. The van der Waals surface area contributed by atoms with Gasteiger partial charge in [0.25, 0.3) is 11.8 Å². The Morgan fingerprint density at radius 1 is 1.11 bits per heavy atom. The van der Waals surface area contributed by atoms with Crippen molar-refractivity contribution in [1.29, 1.82) is 0 Å². The third-order valence-electron chi connectivity index (χ3n) is 3.96. The summed E-state index contributed by atoms with van der Waals surface area (Å²) in [7, 11) is 0. The zero-order valence-corrected chi connectivity index (χ0v) is 15.7. The topological polar surface area (TPSA) is 79.7 Å². The standard InChI is InChI=1S/C20H20N2O4S/c1-2-26-16-8-6-14(7-9-16)17-18(27-12-11-23)20(25)22(19(17)24)13-15-5-3-4-10-21-15/h3-10,23H,2,11-13H2,1H3. The van der Waals surface area contributed by atoms with Gasteiger partial charge >= 0.3 is 0 Å². The molecule has 3 rings (SSSR count). The van der Waals surface area contributed by atoms with Gasteiger partial charge in [-0.05, 0) is 36.8 Å². The quantitative estimate of drug-likeness (QED) is 0.705. The number of amides is 2. The molecular weight excluding hydrogens is 364 g/mol. The van der Waals surface area contributed by atoms with Gasteiger partial charge < -0.3 is 9.84 Å². The molecule has 27 heavy (non-hydrogen) atoms. The van der Waals surface area contributed by atoms with E-state index < -0.39 is 0 Å². The fraction of sp³-hybridized carbons (Fsp3) is 0.250. The molecule has 0 unspecified atom stereocenters. The van der Waals surface area contributed by atoms with Crippen molar-refractivity contribution >= 4 is 29.1 Å². The van der Waals surface area contributed by atoms with E-state index in [-0.39, 0.29) is 25.0 Å². The monoisotopic (exact) mass is 384 g/mol. The van der Waals surface area contributed by atoms with Crippen LogP contribution in [0.15, 0.2) is 53.6 Å². The molecule has 140 valence electrons. The summed E-state index contributed by atoms with van der Waals surface area (Å²) in [6.07, 6.45) is 1.63. The van der Waals surface area contributed by atoms with Crippen LogP contribution in [-0.2, 0) is 16.1 Å². The molecule has 1 aliphatic rings. The molecule has 2 amide bonds. The van der Waals surface area contributed by atoms with E-state index >= 15 is 0 Å². The predicted molar refractivity (Wildman–Crippen MR) is 104 cm³/mol. The van der Waals surface area contributed by atoms with Crippen LogP contribution < -0.4 is 4.74 Å². The summed E-state index contributed by atoms with van der Waals surface area (Å²) in [6.45, 7) is 2.48. The first-order valence-corrected chi connectivity index (χ1v) is 9.61. The molecule has 2 heterocycles. The third kappa shape index (κ3) is 4.20. The fourth-order valence-corrected chi connectivity index (χ4v) is 3.65. The maximum absolute atomic E-state index is 13.0. The van der Waals surface area contributed by atoms with Gasteiger partial charge in [-0.15, -0.1) is 11.8 Å². The number of carbonyl (C=O) groups excluding carboxylic acids is 2. The molecule has 7 heteroatoms. The number of pyridine rings is 1. The molecule has 0 radical (unpaired) electrons. The molecule has 1 N–H and O–H groups in total. The van der Waals surface area contributed by atoms with Crippen molar-refractivity contribution in [2.75, 3.05) is 19.0 Å². The zero-order chi connectivity index (χ0) is 19.2. The Balaban J connectivity index is 1.92. The molecule has 0 saturated heterocycles. The average Bonchev–Trinajstić information content (AvgIpc) is 2.92. The molecule has 0 spiro atoms. The van der Waals surface area contributed by atoms with E-state index in [1.807, 2.05) is 13.0 Å². The Hall–Kier alpha value is -2.64. The van der Waals surface area contributed by atoms with Crippen molar-refractivity contribution in [3.05, 3.63) is 64.8 Å².